The first-order chi connectivity index (χ1) is 9.78. The third kappa shape index (κ3) is 2.44. The molecule has 1 aliphatic heterocycles. The Morgan fingerprint density at radius 3 is 2.95 bits per heavy atom. The maximum atomic E-state index is 12.2. The Balaban J connectivity index is 1.79. The Bertz CT molecular complexity index is 642. The standard InChI is InChI=1S/C13H13N3O3S/c1-2-9-12(20-16-15-9)13(17)14-8-3-4-10-11(7-8)19-6-5-18-10/h3-4,7H,2,5-6H2,1H3,(H,14,17). The molecule has 0 aliphatic carbocycles. The van der Waals surface area contributed by atoms with Crippen molar-refractivity contribution >= 4 is 23.1 Å². The molecule has 20 heavy (non-hydrogen) atoms. The lowest BCUT2D eigenvalue weighted by Gasteiger charge is -2.18. The van der Waals surface area contributed by atoms with Gasteiger partial charge in [0.25, 0.3) is 5.91 Å². The molecule has 0 bridgehead atoms. The van der Waals surface area contributed by atoms with E-state index in [1.165, 1.54) is 0 Å². The summed E-state index contributed by atoms with van der Waals surface area (Å²) in [5.74, 6) is 1.14. The molecule has 1 aliphatic rings. The number of ether oxygens (including phenoxy) is 2. The number of rotatable bonds is 3. The highest BCUT2D eigenvalue weighted by Crippen LogP contribution is 2.32. The van der Waals surface area contributed by atoms with Gasteiger partial charge in [-0.3, -0.25) is 4.79 Å². The minimum Gasteiger partial charge on any atom is -0.486 e. The second-order valence-corrected chi connectivity index (χ2v) is 4.97. The summed E-state index contributed by atoms with van der Waals surface area (Å²) in [7, 11) is 0. The highest BCUT2D eigenvalue weighted by atomic mass is 32.1. The molecule has 1 aromatic heterocycles. The molecular formula is C13H13N3O3S. The van der Waals surface area contributed by atoms with Gasteiger partial charge in [0, 0.05) is 11.8 Å². The van der Waals surface area contributed by atoms with Gasteiger partial charge in [0.1, 0.15) is 18.1 Å². The van der Waals surface area contributed by atoms with E-state index in [2.05, 4.69) is 14.9 Å². The number of carbonyl (C=O) groups is 1. The molecule has 0 unspecified atom stereocenters. The van der Waals surface area contributed by atoms with Crippen LogP contribution >= 0.6 is 11.5 Å². The number of anilines is 1. The monoisotopic (exact) mass is 291 g/mol. The van der Waals surface area contributed by atoms with Crippen molar-refractivity contribution in [3.8, 4) is 11.5 Å². The van der Waals surface area contributed by atoms with Crippen molar-refractivity contribution in [3.63, 3.8) is 0 Å². The van der Waals surface area contributed by atoms with Gasteiger partial charge in [-0.05, 0) is 30.1 Å². The SMILES string of the molecule is CCc1nnsc1C(=O)Nc1ccc2c(c1)OCCO2. The number of hydrogen-bond acceptors (Lipinski definition) is 6. The fourth-order valence-electron chi connectivity index (χ4n) is 1.92. The van der Waals surface area contributed by atoms with Crippen LogP contribution in [0.25, 0.3) is 0 Å². The van der Waals surface area contributed by atoms with E-state index in [1.807, 2.05) is 6.92 Å². The van der Waals surface area contributed by atoms with Crippen molar-refractivity contribution in [2.24, 2.45) is 0 Å². The summed E-state index contributed by atoms with van der Waals surface area (Å²) in [4.78, 5) is 12.7. The average molecular weight is 291 g/mol. The van der Waals surface area contributed by atoms with Crippen LogP contribution in [0.5, 0.6) is 11.5 Å². The number of benzene rings is 1. The maximum Gasteiger partial charge on any atom is 0.269 e. The summed E-state index contributed by atoms with van der Waals surface area (Å²) in [5, 5.41) is 6.76. The molecule has 0 saturated carbocycles. The smallest absolute Gasteiger partial charge is 0.269 e. The lowest BCUT2D eigenvalue weighted by Crippen LogP contribution is -2.16. The molecule has 0 spiro atoms. The molecule has 0 radical (unpaired) electrons. The fraction of sp³-hybridized carbons (Fsp3) is 0.308. The molecule has 0 atom stereocenters. The Kier molecular flexibility index (Phi) is 3.51. The molecule has 1 amide bonds. The van der Waals surface area contributed by atoms with Gasteiger partial charge in [-0.25, -0.2) is 0 Å². The average Bonchev–Trinajstić information content (AvgIpc) is 2.95. The zero-order valence-electron chi connectivity index (χ0n) is 10.9. The van der Waals surface area contributed by atoms with E-state index in [4.69, 9.17) is 9.47 Å². The van der Waals surface area contributed by atoms with E-state index >= 15 is 0 Å². The van der Waals surface area contributed by atoms with Crippen molar-refractivity contribution in [2.45, 2.75) is 13.3 Å². The van der Waals surface area contributed by atoms with E-state index < -0.39 is 0 Å². The lowest BCUT2D eigenvalue weighted by molar-refractivity contribution is 0.102. The number of hydrogen-bond donors (Lipinski definition) is 1. The summed E-state index contributed by atoms with van der Waals surface area (Å²) >= 11 is 1.10. The molecule has 2 heterocycles. The molecule has 3 rings (SSSR count). The minimum absolute atomic E-state index is 0.200. The molecule has 1 N–H and O–H groups in total. The van der Waals surface area contributed by atoms with Crippen LogP contribution in [0.1, 0.15) is 22.3 Å². The molecule has 1 aromatic carbocycles. The summed E-state index contributed by atoms with van der Waals surface area (Å²) in [5.41, 5.74) is 1.37. The molecule has 7 heteroatoms. The van der Waals surface area contributed by atoms with Gasteiger partial charge in [0.05, 0.1) is 5.69 Å². The predicted molar refractivity (Wildman–Crippen MR) is 74.7 cm³/mol. The van der Waals surface area contributed by atoms with Crippen LogP contribution in [0.4, 0.5) is 5.69 Å². The Labute approximate surface area is 119 Å². The van der Waals surface area contributed by atoms with Gasteiger partial charge in [-0.15, -0.1) is 5.10 Å². The van der Waals surface area contributed by atoms with Crippen molar-refractivity contribution in [1.29, 1.82) is 0 Å². The lowest BCUT2D eigenvalue weighted by atomic mass is 10.2. The van der Waals surface area contributed by atoms with Crippen molar-refractivity contribution in [1.82, 2.24) is 9.59 Å². The van der Waals surface area contributed by atoms with Crippen molar-refractivity contribution < 1.29 is 14.3 Å². The normalized spacial score (nSPS) is 13.1. The van der Waals surface area contributed by atoms with Gasteiger partial charge in [0.2, 0.25) is 0 Å². The number of amides is 1. The summed E-state index contributed by atoms with van der Waals surface area (Å²) < 4.78 is 14.7. The Morgan fingerprint density at radius 1 is 1.35 bits per heavy atom. The van der Waals surface area contributed by atoms with E-state index in [9.17, 15) is 4.79 Å². The largest absolute Gasteiger partial charge is 0.486 e. The molecule has 6 nitrogen and oxygen atoms in total. The van der Waals surface area contributed by atoms with Crippen LogP contribution in [0, 0.1) is 0 Å². The van der Waals surface area contributed by atoms with Gasteiger partial charge < -0.3 is 14.8 Å². The summed E-state index contributed by atoms with van der Waals surface area (Å²) in [6.45, 7) is 3.01. The second kappa shape index (κ2) is 5.46. The zero-order valence-corrected chi connectivity index (χ0v) is 11.7. The van der Waals surface area contributed by atoms with Crippen molar-refractivity contribution in [3.05, 3.63) is 28.8 Å². The quantitative estimate of drug-likeness (QED) is 0.937. The van der Waals surface area contributed by atoms with Gasteiger partial charge in [-0.2, -0.15) is 0 Å². The molecule has 104 valence electrons. The number of aromatic nitrogens is 2. The van der Waals surface area contributed by atoms with Crippen LogP contribution in [-0.2, 0) is 6.42 Å². The first-order valence-corrected chi connectivity index (χ1v) is 7.07. The van der Waals surface area contributed by atoms with E-state index in [0.717, 1.165) is 11.5 Å². The highest BCUT2D eigenvalue weighted by Gasteiger charge is 2.17. The number of fused-ring (bicyclic) bond motifs is 1. The molecule has 0 saturated heterocycles. The van der Waals surface area contributed by atoms with E-state index in [-0.39, 0.29) is 5.91 Å². The third-order valence-electron chi connectivity index (χ3n) is 2.90. The van der Waals surface area contributed by atoms with Crippen LogP contribution in [0.2, 0.25) is 0 Å². The van der Waals surface area contributed by atoms with Crippen LogP contribution in [-0.4, -0.2) is 28.7 Å². The Morgan fingerprint density at radius 2 is 2.15 bits per heavy atom. The fourth-order valence-corrected chi connectivity index (χ4v) is 2.57. The topological polar surface area (TPSA) is 73.3 Å². The van der Waals surface area contributed by atoms with Crippen LogP contribution in [0.3, 0.4) is 0 Å². The third-order valence-corrected chi connectivity index (χ3v) is 3.66. The number of aryl methyl sites for hydroxylation is 1. The first kappa shape index (κ1) is 12.9. The van der Waals surface area contributed by atoms with Crippen molar-refractivity contribution in [2.75, 3.05) is 18.5 Å². The summed E-state index contributed by atoms with van der Waals surface area (Å²) in [6, 6.07) is 5.33. The molecule has 2 aromatic rings. The molecular weight excluding hydrogens is 278 g/mol. The van der Waals surface area contributed by atoms with Gasteiger partial charge in [-0.1, -0.05) is 11.4 Å². The van der Waals surface area contributed by atoms with Crippen LogP contribution in [0.15, 0.2) is 18.2 Å². The first-order valence-electron chi connectivity index (χ1n) is 6.30. The zero-order chi connectivity index (χ0) is 13.9. The number of carbonyl (C=O) groups excluding carboxylic acids is 1. The van der Waals surface area contributed by atoms with E-state index in [1.54, 1.807) is 18.2 Å². The Hall–Kier alpha value is -2.15. The minimum atomic E-state index is -0.200. The van der Waals surface area contributed by atoms with Gasteiger partial charge >= 0.3 is 0 Å². The summed E-state index contributed by atoms with van der Waals surface area (Å²) in [6.07, 6.45) is 0.681. The second-order valence-electron chi connectivity index (χ2n) is 4.21. The molecule has 0 fully saturated rings. The number of nitrogens with zero attached hydrogens (tertiary/aromatic N) is 2. The highest BCUT2D eigenvalue weighted by molar-refractivity contribution is 7.08. The van der Waals surface area contributed by atoms with Gasteiger partial charge in [0.15, 0.2) is 11.5 Å². The maximum absolute atomic E-state index is 12.2. The number of nitrogens with one attached hydrogen (secondary N) is 1. The van der Waals surface area contributed by atoms with Crippen LogP contribution < -0.4 is 14.8 Å². The van der Waals surface area contributed by atoms with E-state index in [0.29, 0.717) is 47.4 Å². The predicted octanol–water partition coefficient (Wildman–Crippen LogP) is 2.12.